The summed E-state index contributed by atoms with van der Waals surface area (Å²) in [6, 6.07) is 19.8. The first-order valence-corrected chi connectivity index (χ1v) is 10.3. The Morgan fingerprint density at radius 2 is 1.84 bits per heavy atom. The van der Waals surface area contributed by atoms with Crippen molar-refractivity contribution >= 4 is 34.4 Å². The van der Waals surface area contributed by atoms with E-state index in [1.54, 1.807) is 12.1 Å². The van der Waals surface area contributed by atoms with E-state index < -0.39 is 5.97 Å². The molecule has 0 spiro atoms. The maximum absolute atomic E-state index is 13.1. The van der Waals surface area contributed by atoms with Gasteiger partial charge < -0.3 is 19.7 Å². The molecule has 0 radical (unpaired) electrons. The highest BCUT2D eigenvalue weighted by Crippen LogP contribution is 2.24. The van der Waals surface area contributed by atoms with Crippen molar-refractivity contribution in [1.82, 2.24) is 9.88 Å². The third-order valence-corrected chi connectivity index (χ3v) is 5.52. The SMILES string of the molecule is COc1cc(C(=O)O)ccc1CNC(=O)c1cccc2ccn(Cc3ccc(Cl)cc3)c12. The molecule has 0 saturated heterocycles. The number of hydrogen-bond donors (Lipinski definition) is 2. The van der Waals surface area contributed by atoms with Crippen molar-refractivity contribution in [2.24, 2.45) is 0 Å². The van der Waals surface area contributed by atoms with Crippen LogP contribution in [0.15, 0.2) is 72.9 Å². The predicted molar refractivity (Wildman–Crippen MR) is 124 cm³/mol. The molecular formula is C25H21ClN2O4. The van der Waals surface area contributed by atoms with E-state index in [-0.39, 0.29) is 18.0 Å². The summed E-state index contributed by atoms with van der Waals surface area (Å²) in [6.45, 7) is 0.811. The van der Waals surface area contributed by atoms with Gasteiger partial charge >= 0.3 is 5.97 Å². The van der Waals surface area contributed by atoms with Gasteiger partial charge in [-0.1, -0.05) is 41.9 Å². The molecular weight excluding hydrogens is 428 g/mol. The molecule has 4 rings (SSSR count). The molecule has 3 aromatic carbocycles. The van der Waals surface area contributed by atoms with Crippen molar-refractivity contribution in [1.29, 1.82) is 0 Å². The van der Waals surface area contributed by atoms with Crippen LogP contribution < -0.4 is 10.1 Å². The summed E-state index contributed by atoms with van der Waals surface area (Å²) in [5.74, 6) is -0.849. The van der Waals surface area contributed by atoms with E-state index in [0.29, 0.717) is 28.4 Å². The second-order valence-corrected chi connectivity index (χ2v) is 7.76. The Labute approximate surface area is 190 Å². The summed E-state index contributed by atoms with van der Waals surface area (Å²) in [7, 11) is 1.47. The Bertz CT molecular complexity index is 1300. The first-order chi connectivity index (χ1) is 15.5. The Hall–Kier alpha value is -3.77. The van der Waals surface area contributed by atoms with Gasteiger partial charge in [-0.05, 0) is 42.0 Å². The number of methoxy groups -OCH3 is 1. The Kier molecular flexibility index (Phi) is 6.14. The van der Waals surface area contributed by atoms with E-state index in [4.69, 9.17) is 21.4 Å². The lowest BCUT2D eigenvalue weighted by Gasteiger charge is -2.13. The van der Waals surface area contributed by atoms with Gasteiger partial charge in [-0.2, -0.15) is 0 Å². The van der Waals surface area contributed by atoms with Gasteiger partial charge in [0.1, 0.15) is 5.75 Å². The van der Waals surface area contributed by atoms with Gasteiger partial charge in [-0.25, -0.2) is 4.79 Å². The summed E-state index contributed by atoms with van der Waals surface area (Å²) in [5.41, 5.74) is 3.29. The number of nitrogens with one attached hydrogen (secondary N) is 1. The van der Waals surface area contributed by atoms with Gasteiger partial charge in [-0.3, -0.25) is 4.79 Å². The van der Waals surface area contributed by atoms with Crippen LogP contribution in [0.1, 0.15) is 31.8 Å². The number of fused-ring (bicyclic) bond motifs is 1. The molecule has 0 atom stereocenters. The van der Waals surface area contributed by atoms with Gasteiger partial charge in [0.15, 0.2) is 0 Å². The van der Waals surface area contributed by atoms with E-state index in [1.165, 1.54) is 19.2 Å². The fraction of sp³-hybridized carbons (Fsp3) is 0.120. The van der Waals surface area contributed by atoms with E-state index in [0.717, 1.165) is 16.5 Å². The van der Waals surface area contributed by atoms with Gasteiger partial charge in [-0.15, -0.1) is 0 Å². The third kappa shape index (κ3) is 4.45. The second-order valence-electron chi connectivity index (χ2n) is 7.33. The number of nitrogens with zero attached hydrogens (tertiary/aromatic N) is 1. The average molecular weight is 449 g/mol. The zero-order valence-corrected chi connectivity index (χ0v) is 18.1. The van der Waals surface area contributed by atoms with E-state index in [2.05, 4.69) is 5.32 Å². The minimum atomic E-state index is -1.04. The molecule has 162 valence electrons. The van der Waals surface area contributed by atoms with Crippen molar-refractivity contribution in [2.45, 2.75) is 13.1 Å². The molecule has 4 aromatic rings. The van der Waals surface area contributed by atoms with Crippen molar-refractivity contribution in [3.8, 4) is 5.75 Å². The van der Waals surface area contributed by atoms with Crippen LogP contribution >= 0.6 is 11.6 Å². The predicted octanol–water partition coefficient (Wildman–Crippen LogP) is 4.98. The molecule has 0 bridgehead atoms. The fourth-order valence-corrected chi connectivity index (χ4v) is 3.78. The van der Waals surface area contributed by atoms with Gasteiger partial charge in [0.25, 0.3) is 5.91 Å². The standard InChI is InChI=1S/C25H21ClN2O4/c1-32-22-13-18(25(30)31)7-8-19(22)14-27-24(29)21-4-2-3-17-11-12-28(23(17)21)15-16-5-9-20(26)10-6-16/h2-13H,14-15H2,1H3,(H,27,29)(H,30,31). The highest BCUT2D eigenvalue weighted by Gasteiger charge is 2.15. The van der Waals surface area contributed by atoms with E-state index in [9.17, 15) is 9.59 Å². The Morgan fingerprint density at radius 1 is 1.06 bits per heavy atom. The number of rotatable bonds is 7. The first kappa shape index (κ1) is 21.5. The molecule has 0 aliphatic rings. The average Bonchev–Trinajstić information content (AvgIpc) is 3.21. The Morgan fingerprint density at radius 3 is 2.56 bits per heavy atom. The van der Waals surface area contributed by atoms with Crippen LogP contribution in [0.4, 0.5) is 0 Å². The second kappa shape index (κ2) is 9.16. The highest BCUT2D eigenvalue weighted by atomic mass is 35.5. The number of para-hydroxylation sites is 1. The van der Waals surface area contributed by atoms with Crippen molar-refractivity contribution < 1.29 is 19.4 Å². The van der Waals surface area contributed by atoms with Crippen molar-refractivity contribution in [3.05, 3.63) is 100 Å². The number of halogens is 1. The number of carbonyl (C=O) groups excluding carboxylic acids is 1. The summed E-state index contributed by atoms with van der Waals surface area (Å²) < 4.78 is 7.34. The van der Waals surface area contributed by atoms with Crippen LogP contribution in [0.3, 0.4) is 0 Å². The lowest BCUT2D eigenvalue weighted by atomic mass is 10.1. The van der Waals surface area contributed by atoms with Gasteiger partial charge in [0, 0.05) is 35.3 Å². The maximum atomic E-state index is 13.1. The lowest BCUT2D eigenvalue weighted by molar-refractivity contribution is 0.0696. The van der Waals surface area contributed by atoms with Crippen LogP contribution in [0.5, 0.6) is 5.75 Å². The number of carboxylic acids is 1. The third-order valence-electron chi connectivity index (χ3n) is 5.27. The fourth-order valence-electron chi connectivity index (χ4n) is 3.66. The minimum absolute atomic E-state index is 0.127. The summed E-state index contributed by atoms with van der Waals surface area (Å²) >= 11 is 5.99. The number of hydrogen-bond acceptors (Lipinski definition) is 3. The molecule has 2 N–H and O–H groups in total. The summed E-state index contributed by atoms with van der Waals surface area (Å²) in [5, 5.41) is 13.7. The van der Waals surface area contributed by atoms with Crippen LogP contribution in [-0.2, 0) is 13.1 Å². The van der Waals surface area contributed by atoms with E-state index >= 15 is 0 Å². The normalized spacial score (nSPS) is 10.8. The molecule has 0 aliphatic heterocycles. The molecule has 0 aliphatic carbocycles. The zero-order valence-electron chi connectivity index (χ0n) is 17.3. The molecule has 0 unspecified atom stereocenters. The van der Waals surface area contributed by atoms with Crippen molar-refractivity contribution in [2.75, 3.05) is 7.11 Å². The molecule has 1 aromatic heterocycles. The number of benzene rings is 3. The molecule has 1 heterocycles. The molecule has 32 heavy (non-hydrogen) atoms. The molecule has 0 fully saturated rings. The van der Waals surface area contributed by atoms with Gasteiger partial charge in [0.2, 0.25) is 0 Å². The van der Waals surface area contributed by atoms with E-state index in [1.807, 2.05) is 53.2 Å². The number of aromatic carboxylic acids is 1. The van der Waals surface area contributed by atoms with Crippen LogP contribution in [0, 0.1) is 0 Å². The molecule has 1 amide bonds. The Balaban J connectivity index is 1.58. The van der Waals surface area contributed by atoms with Crippen LogP contribution in [0.25, 0.3) is 10.9 Å². The smallest absolute Gasteiger partial charge is 0.335 e. The maximum Gasteiger partial charge on any atom is 0.335 e. The van der Waals surface area contributed by atoms with Crippen LogP contribution in [-0.4, -0.2) is 28.7 Å². The molecule has 0 saturated carbocycles. The number of aromatic nitrogens is 1. The van der Waals surface area contributed by atoms with Crippen molar-refractivity contribution in [3.63, 3.8) is 0 Å². The first-order valence-electron chi connectivity index (χ1n) is 9.97. The number of carbonyl (C=O) groups is 2. The monoisotopic (exact) mass is 448 g/mol. The largest absolute Gasteiger partial charge is 0.496 e. The summed E-state index contributed by atoms with van der Waals surface area (Å²) in [6.07, 6.45) is 1.96. The number of ether oxygens (including phenoxy) is 1. The minimum Gasteiger partial charge on any atom is -0.496 e. The summed E-state index contributed by atoms with van der Waals surface area (Å²) in [4.78, 5) is 24.3. The van der Waals surface area contributed by atoms with Gasteiger partial charge in [0.05, 0.1) is 23.8 Å². The molecule has 6 nitrogen and oxygen atoms in total. The number of amides is 1. The highest BCUT2D eigenvalue weighted by molar-refractivity contribution is 6.30. The number of carboxylic acid groups (broad SMARTS) is 1. The topological polar surface area (TPSA) is 80.6 Å². The van der Waals surface area contributed by atoms with Crippen LogP contribution in [0.2, 0.25) is 5.02 Å². The quantitative estimate of drug-likeness (QED) is 0.418. The lowest BCUT2D eigenvalue weighted by Crippen LogP contribution is -2.24. The zero-order chi connectivity index (χ0) is 22.7. The molecule has 7 heteroatoms.